The van der Waals surface area contributed by atoms with Gasteiger partial charge in [-0.25, -0.2) is 9.59 Å². The van der Waals surface area contributed by atoms with Gasteiger partial charge >= 0.3 is 11.9 Å². The van der Waals surface area contributed by atoms with Gasteiger partial charge in [-0.3, -0.25) is 0 Å². The Morgan fingerprint density at radius 3 is 1.42 bits per heavy atom. The molecule has 0 aliphatic rings. The SMILES string of the molecule is C=Cc1cc(C(=O)Oc2ccc(OCCCCCCCC)cc2)ccc1-c1ccc(C(=O)Oc2ccc(OCCCCCCCC)cc2)cc1. The lowest BCUT2D eigenvalue weighted by atomic mass is 9.96. The van der Waals surface area contributed by atoms with E-state index in [0.29, 0.717) is 35.8 Å². The summed E-state index contributed by atoms with van der Waals surface area (Å²) in [4.78, 5) is 25.8. The number of carbonyl (C=O) groups is 2. The van der Waals surface area contributed by atoms with Gasteiger partial charge in [-0.2, -0.15) is 0 Å². The Bertz CT molecular complexity index is 1610. The van der Waals surface area contributed by atoms with Crippen molar-refractivity contribution in [1.82, 2.24) is 0 Å². The first kappa shape index (κ1) is 38.0. The van der Waals surface area contributed by atoms with Crippen LogP contribution in [-0.4, -0.2) is 25.2 Å². The normalized spacial score (nSPS) is 10.8. The zero-order valence-corrected chi connectivity index (χ0v) is 29.8. The van der Waals surface area contributed by atoms with E-state index in [4.69, 9.17) is 18.9 Å². The number of benzene rings is 4. The van der Waals surface area contributed by atoms with Crippen LogP contribution in [0.4, 0.5) is 0 Å². The van der Waals surface area contributed by atoms with Crippen LogP contribution in [0.2, 0.25) is 0 Å². The number of rotatable bonds is 22. The van der Waals surface area contributed by atoms with Crippen LogP contribution in [0.15, 0.2) is 97.6 Å². The van der Waals surface area contributed by atoms with Crippen molar-refractivity contribution < 1.29 is 28.5 Å². The van der Waals surface area contributed by atoms with Crippen molar-refractivity contribution in [3.8, 4) is 34.1 Å². The van der Waals surface area contributed by atoms with Crippen LogP contribution in [-0.2, 0) is 0 Å². The van der Waals surface area contributed by atoms with Crippen molar-refractivity contribution in [2.45, 2.75) is 90.9 Å². The fourth-order valence-corrected chi connectivity index (χ4v) is 5.59. The lowest BCUT2D eigenvalue weighted by molar-refractivity contribution is 0.0725. The molecule has 0 heterocycles. The van der Waals surface area contributed by atoms with Crippen LogP contribution < -0.4 is 18.9 Å². The Labute approximate surface area is 298 Å². The second-order valence-corrected chi connectivity index (χ2v) is 12.5. The van der Waals surface area contributed by atoms with Crippen LogP contribution in [0.3, 0.4) is 0 Å². The minimum Gasteiger partial charge on any atom is -0.494 e. The smallest absolute Gasteiger partial charge is 0.343 e. The molecular weight excluding hydrogens is 624 g/mol. The highest BCUT2D eigenvalue weighted by Gasteiger charge is 2.14. The Morgan fingerprint density at radius 2 is 0.940 bits per heavy atom. The summed E-state index contributed by atoms with van der Waals surface area (Å²) in [6.07, 6.45) is 16.3. The van der Waals surface area contributed by atoms with E-state index in [9.17, 15) is 9.59 Å². The predicted molar refractivity (Wildman–Crippen MR) is 203 cm³/mol. The van der Waals surface area contributed by atoms with Crippen LogP contribution >= 0.6 is 0 Å². The Hall–Kier alpha value is -4.84. The summed E-state index contributed by atoms with van der Waals surface area (Å²) in [6, 6.07) is 26.8. The molecule has 0 unspecified atom stereocenters. The maximum atomic E-state index is 13.0. The molecule has 50 heavy (non-hydrogen) atoms. The third-order valence-corrected chi connectivity index (χ3v) is 8.54. The molecule has 0 bridgehead atoms. The first-order chi connectivity index (χ1) is 24.5. The third-order valence-electron chi connectivity index (χ3n) is 8.54. The lowest BCUT2D eigenvalue weighted by Gasteiger charge is -2.11. The molecule has 264 valence electrons. The largest absolute Gasteiger partial charge is 0.494 e. The molecule has 0 atom stereocenters. The van der Waals surface area contributed by atoms with Gasteiger partial charge in [0.2, 0.25) is 0 Å². The monoisotopic (exact) mass is 676 g/mol. The fraction of sp³-hybridized carbons (Fsp3) is 0.364. The van der Waals surface area contributed by atoms with E-state index in [1.807, 2.05) is 42.5 Å². The van der Waals surface area contributed by atoms with Gasteiger partial charge < -0.3 is 18.9 Å². The van der Waals surface area contributed by atoms with Crippen LogP contribution in [0, 0.1) is 0 Å². The number of unbranched alkanes of at least 4 members (excludes halogenated alkanes) is 10. The van der Waals surface area contributed by atoms with E-state index in [1.54, 1.807) is 54.6 Å². The van der Waals surface area contributed by atoms with E-state index in [0.717, 1.165) is 41.0 Å². The van der Waals surface area contributed by atoms with Gasteiger partial charge in [0, 0.05) is 0 Å². The summed E-state index contributed by atoms with van der Waals surface area (Å²) in [7, 11) is 0. The van der Waals surface area contributed by atoms with Crippen molar-refractivity contribution in [2.24, 2.45) is 0 Å². The molecule has 4 rings (SSSR count). The molecule has 0 aromatic heterocycles. The molecule has 0 amide bonds. The second-order valence-electron chi connectivity index (χ2n) is 12.5. The fourth-order valence-electron chi connectivity index (χ4n) is 5.59. The Kier molecular flexibility index (Phi) is 16.2. The van der Waals surface area contributed by atoms with Gasteiger partial charge in [-0.15, -0.1) is 0 Å². The highest BCUT2D eigenvalue weighted by molar-refractivity contribution is 5.94. The number of esters is 2. The first-order valence-electron chi connectivity index (χ1n) is 18.3. The van der Waals surface area contributed by atoms with Crippen molar-refractivity contribution >= 4 is 18.0 Å². The molecule has 6 heteroatoms. The van der Waals surface area contributed by atoms with Gasteiger partial charge in [-0.05, 0) is 102 Å². The standard InChI is InChI=1S/C44H52O6/c1-4-7-9-11-13-15-31-47-38-22-26-40(27-23-38)49-43(45)36-19-17-35(18-20-36)42-30-21-37(33-34(42)6-3)44(46)50-41-28-24-39(25-29-41)48-32-16-14-12-10-8-5-2/h6,17-30,33H,3-5,7-16,31-32H2,1-2H3. The number of hydrogen-bond acceptors (Lipinski definition) is 6. The average Bonchev–Trinajstić information content (AvgIpc) is 3.15. The zero-order valence-electron chi connectivity index (χ0n) is 29.8. The van der Waals surface area contributed by atoms with Crippen LogP contribution in [0.25, 0.3) is 17.2 Å². The molecule has 0 saturated heterocycles. The summed E-state index contributed by atoms with van der Waals surface area (Å²) >= 11 is 0. The molecule has 0 radical (unpaired) electrons. The zero-order chi connectivity index (χ0) is 35.4. The maximum absolute atomic E-state index is 13.0. The van der Waals surface area contributed by atoms with E-state index in [1.165, 1.54) is 64.2 Å². The van der Waals surface area contributed by atoms with Gasteiger partial charge in [-0.1, -0.05) is 109 Å². The lowest BCUT2D eigenvalue weighted by Crippen LogP contribution is -2.09. The van der Waals surface area contributed by atoms with Crippen molar-refractivity contribution in [3.63, 3.8) is 0 Å². The molecular formula is C44H52O6. The molecule has 0 saturated carbocycles. The van der Waals surface area contributed by atoms with E-state index < -0.39 is 11.9 Å². The summed E-state index contributed by atoms with van der Waals surface area (Å²) in [5, 5.41) is 0. The minimum absolute atomic E-state index is 0.408. The molecule has 0 aliphatic heterocycles. The summed E-state index contributed by atoms with van der Waals surface area (Å²) in [5.74, 6) is 1.51. The molecule has 0 fully saturated rings. The van der Waals surface area contributed by atoms with Gasteiger partial charge in [0.25, 0.3) is 0 Å². The highest BCUT2D eigenvalue weighted by atomic mass is 16.5. The molecule has 0 spiro atoms. The summed E-state index contributed by atoms with van der Waals surface area (Å²) in [5.41, 5.74) is 3.36. The number of carbonyl (C=O) groups excluding carboxylic acids is 2. The average molecular weight is 677 g/mol. The minimum atomic E-state index is -0.462. The highest BCUT2D eigenvalue weighted by Crippen LogP contribution is 2.28. The Balaban J connectivity index is 1.26. The van der Waals surface area contributed by atoms with Gasteiger partial charge in [0.15, 0.2) is 0 Å². The molecule has 0 N–H and O–H groups in total. The predicted octanol–water partition coefficient (Wildman–Crippen LogP) is 11.9. The Morgan fingerprint density at radius 1 is 0.520 bits per heavy atom. The van der Waals surface area contributed by atoms with E-state index in [-0.39, 0.29) is 0 Å². The van der Waals surface area contributed by atoms with Crippen LogP contribution in [0.1, 0.15) is 117 Å². The first-order valence-corrected chi connectivity index (χ1v) is 18.3. The number of ether oxygens (including phenoxy) is 4. The second kappa shape index (κ2) is 21.3. The van der Waals surface area contributed by atoms with Crippen molar-refractivity contribution in [3.05, 3.63) is 114 Å². The quantitative estimate of drug-likeness (QED) is 0.0469. The third kappa shape index (κ3) is 12.6. The molecule has 4 aromatic rings. The molecule has 6 nitrogen and oxygen atoms in total. The van der Waals surface area contributed by atoms with E-state index in [2.05, 4.69) is 20.4 Å². The topological polar surface area (TPSA) is 71.1 Å². The van der Waals surface area contributed by atoms with Crippen LogP contribution in [0.5, 0.6) is 23.0 Å². The summed E-state index contributed by atoms with van der Waals surface area (Å²) < 4.78 is 22.9. The summed E-state index contributed by atoms with van der Waals surface area (Å²) in [6.45, 7) is 9.75. The molecule has 4 aromatic carbocycles. The van der Waals surface area contributed by atoms with Gasteiger partial charge in [0.05, 0.1) is 24.3 Å². The van der Waals surface area contributed by atoms with E-state index >= 15 is 0 Å². The van der Waals surface area contributed by atoms with Crippen molar-refractivity contribution in [1.29, 1.82) is 0 Å². The van der Waals surface area contributed by atoms with Gasteiger partial charge in [0.1, 0.15) is 23.0 Å². The maximum Gasteiger partial charge on any atom is 0.343 e. The molecule has 0 aliphatic carbocycles. The van der Waals surface area contributed by atoms with Crippen molar-refractivity contribution in [2.75, 3.05) is 13.2 Å². The number of hydrogen-bond donors (Lipinski definition) is 0.